The van der Waals surface area contributed by atoms with Gasteiger partial charge in [0.15, 0.2) is 0 Å². The number of hydrogen-bond acceptors (Lipinski definition) is 4. The molecular weight excluding hydrogens is 514 g/mol. The summed E-state index contributed by atoms with van der Waals surface area (Å²) in [6, 6.07) is 0. The molecule has 10 atom stereocenters. The molecule has 0 saturated heterocycles. The van der Waals surface area contributed by atoms with Crippen molar-refractivity contribution in [3.8, 4) is 0 Å². The summed E-state index contributed by atoms with van der Waals surface area (Å²) >= 11 is 0. The average Bonchev–Trinajstić information content (AvgIpc) is 3.30. The molecule has 232 valence electrons. The summed E-state index contributed by atoms with van der Waals surface area (Å²) in [5.41, 5.74) is -0.0260. The standard InChI is InChI=1S/C35H57NO5/c1-8-9-29(39)41-27-13-10-23-24(32(27,4)5)15-16-33(6)25(23)11-12-26-30-22(21(2)3)14-17-35(30,19-18-34(26,33)7)31(40)36-20-28(37)38/h21-27,30H,8-20H2,1-7H3,(H,36,40)(H,37,38)/t22-,23?,24+,25+,26+,27+,30+,33+,34+,35-/m0/s1. The van der Waals surface area contributed by atoms with Gasteiger partial charge in [0.05, 0.1) is 5.41 Å². The Balaban J connectivity index is 1.43. The van der Waals surface area contributed by atoms with E-state index in [9.17, 15) is 19.5 Å². The Morgan fingerprint density at radius 3 is 2.20 bits per heavy atom. The van der Waals surface area contributed by atoms with E-state index < -0.39 is 11.4 Å². The fourth-order valence-corrected chi connectivity index (χ4v) is 12.0. The lowest BCUT2D eigenvalue weighted by molar-refractivity contribution is -0.223. The summed E-state index contributed by atoms with van der Waals surface area (Å²) in [5.74, 6) is 2.77. The molecule has 0 heterocycles. The van der Waals surface area contributed by atoms with Gasteiger partial charge in [-0.25, -0.2) is 0 Å². The van der Waals surface area contributed by atoms with Crippen LogP contribution in [0.5, 0.6) is 0 Å². The normalized spacial score (nSPS) is 44.6. The van der Waals surface area contributed by atoms with Crippen molar-refractivity contribution in [3.63, 3.8) is 0 Å². The highest BCUT2D eigenvalue weighted by atomic mass is 16.5. The fraction of sp³-hybridized carbons (Fsp3) is 0.914. The maximum Gasteiger partial charge on any atom is 0.322 e. The van der Waals surface area contributed by atoms with E-state index in [1.54, 1.807) is 0 Å². The molecule has 2 N–H and O–H groups in total. The lowest BCUT2D eigenvalue weighted by Gasteiger charge is -2.70. The summed E-state index contributed by atoms with van der Waals surface area (Å²) in [5, 5.41) is 12.2. The second-order valence-corrected chi connectivity index (χ2v) is 16.3. The van der Waals surface area contributed by atoms with Crippen LogP contribution in [0.1, 0.15) is 126 Å². The van der Waals surface area contributed by atoms with Crippen molar-refractivity contribution in [1.29, 1.82) is 0 Å². The van der Waals surface area contributed by atoms with Crippen LogP contribution < -0.4 is 5.32 Å². The zero-order chi connectivity index (χ0) is 30.0. The third-order valence-corrected chi connectivity index (χ3v) is 14.3. The van der Waals surface area contributed by atoms with Crippen molar-refractivity contribution in [2.75, 3.05) is 6.54 Å². The van der Waals surface area contributed by atoms with Gasteiger partial charge in [0.25, 0.3) is 0 Å². The maximum absolute atomic E-state index is 13.8. The van der Waals surface area contributed by atoms with Crippen LogP contribution in [-0.2, 0) is 19.1 Å². The van der Waals surface area contributed by atoms with E-state index in [0.717, 1.165) is 44.9 Å². The minimum absolute atomic E-state index is 0.00350. The summed E-state index contributed by atoms with van der Waals surface area (Å²) in [4.78, 5) is 37.6. The molecule has 1 unspecified atom stereocenters. The van der Waals surface area contributed by atoms with E-state index in [1.165, 1.54) is 25.7 Å². The zero-order valence-electron chi connectivity index (χ0n) is 26.9. The van der Waals surface area contributed by atoms with Gasteiger partial charge in [0.1, 0.15) is 12.6 Å². The van der Waals surface area contributed by atoms with Crippen molar-refractivity contribution in [2.24, 2.45) is 63.1 Å². The van der Waals surface area contributed by atoms with Gasteiger partial charge in [-0.05, 0) is 123 Å². The molecule has 5 aliphatic rings. The molecule has 0 aliphatic heterocycles. The molecule has 0 aromatic rings. The molecule has 5 rings (SSSR count). The van der Waals surface area contributed by atoms with Gasteiger partial charge in [-0.3, -0.25) is 14.4 Å². The van der Waals surface area contributed by atoms with Crippen LogP contribution in [0.3, 0.4) is 0 Å². The number of fused-ring (bicyclic) bond motifs is 7. The van der Waals surface area contributed by atoms with Crippen LogP contribution in [-0.4, -0.2) is 35.6 Å². The van der Waals surface area contributed by atoms with Crippen molar-refractivity contribution in [3.05, 3.63) is 0 Å². The number of carboxylic acid groups (broad SMARTS) is 1. The first-order valence-corrected chi connectivity index (χ1v) is 16.9. The minimum Gasteiger partial charge on any atom is -0.480 e. The first kappa shape index (κ1) is 30.9. The van der Waals surface area contributed by atoms with E-state index in [4.69, 9.17) is 4.74 Å². The number of carboxylic acids is 1. The van der Waals surface area contributed by atoms with Crippen LogP contribution in [0.2, 0.25) is 0 Å². The lowest BCUT2D eigenvalue weighted by atomic mass is 9.35. The number of esters is 1. The average molecular weight is 572 g/mol. The van der Waals surface area contributed by atoms with E-state index in [2.05, 4.69) is 46.9 Å². The number of nitrogens with one attached hydrogen (secondary N) is 1. The summed E-state index contributed by atoms with van der Waals surface area (Å²) in [7, 11) is 0. The molecule has 5 aliphatic carbocycles. The van der Waals surface area contributed by atoms with Crippen molar-refractivity contribution in [2.45, 2.75) is 132 Å². The van der Waals surface area contributed by atoms with Crippen molar-refractivity contribution in [1.82, 2.24) is 5.32 Å². The van der Waals surface area contributed by atoms with Crippen molar-refractivity contribution < 1.29 is 24.2 Å². The smallest absolute Gasteiger partial charge is 0.322 e. The lowest BCUT2D eigenvalue weighted by Crippen LogP contribution is -2.65. The number of carbonyl (C=O) groups excluding carboxylic acids is 2. The van der Waals surface area contributed by atoms with E-state index >= 15 is 0 Å². The van der Waals surface area contributed by atoms with Crippen LogP contribution in [0.25, 0.3) is 0 Å². The number of ether oxygens (including phenoxy) is 1. The number of amides is 1. The summed E-state index contributed by atoms with van der Waals surface area (Å²) < 4.78 is 6.10. The Morgan fingerprint density at radius 2 is 1.54 bits per heavy atom. The monoisotopic (exact) mass is 571 g/mol. The Hall–Kier alpha value is -1.59. The first-order valence-electron chi connectivity index (χ1n) is 16.9. The highest BCUT2D eigenvalue weighted by Gasteiger charge is 2.70. The SMILES string of the molecule is CCCC(=O)O[C@@H]1CCC2[C@@H](CC[C@]3(C)[C@@H]2CC[C@@H]2[C@H]4[C@H](C(C)C)CC[C@]4(C(=O)NCC(=O)O)CC[C@]23C)C1(C)C. The molecule has 6 nitrogen and oxygen atoms in total. The highest BCUT2D eigenvalue weighted by molar-refractivity contribution is 5.86. The summed E-state index contributed by atoms with van der Waals surface area (Å²) in [6.07, 6.45) is 12.2. The molecule has 1 amide bonds. The third kappa shape index (κ3) is 4.67. The van der Waals surface area contributed by atoms with Gasteiger partial charge in [-0.2, -0.15) is 0 Å². The van der Waals surface area contributed by atoms with Gasteiger partial charge in [0.2, 0.25) is 5.91 Å². The molecule has 5 fully saturated rings. The number of hydrogen-bond donors (Lipinski definition) is 2. The Kier molecular flexibility index (Phi) is 8.16. The maximum atomic E-state index is 13.8. The molecule has 0 aromatic carbocycles. The van der Waals surface area contributed by atoms with Gasteiger partial charge in [-0.1, -0.05) is 48.5 Å². The van der Waals surface area contributed by atoms with Crippen LogP contribution in [0.4, 0.5) is 0 Å². The Morgan fingerprint density at radius 1 is 0.854 bits per heavy atom. The van der Waals surface area contributed by atoms with E-state index in [0.29, 0.717) is 47.8 Å². The van der Waals surface area contributed by atoms with Crippen LogP contribution in [0, 0.1) is 63.1 Å². The summed E-state index contributed by atoms with van der Waals surface area (Å²) in [6.45, 7) is 16.3. The van der Waals surface area contributed by atoms with Gasteiger partial charge in [0, 0.05) is 11.8 Å². The number of aliphatic carboxylic acids is 1. The topological polar surface area (TPSA) is 92.7 Å². The van der Waals surface area contributed by atoms with Crippen LogP contribution >= 0.6 is 0 Å². The molecule has 41 heavy (non-hydrogen) atoms. The van der Waals surface area contributed by atoms with Crippen LogP contribution in [0.15, 0.2) is 0 Å². The predicted octanol–water partition coefficient (Wildman–Crippen LogP) is 7.25. The minimum atomic E-state index is -0.965. The quantitative estimate of drug-likeness (QED) is 0.314. The molecule has 0 spiro atoms. The molecule has 0 bridgehead atoms. The first-order chi connectivity index (χ1) is 19.2. The Labute approximate surface area is 248 Å². The largest absolute Gasteiger partial charge is 0.480 e. The molecule has 0 radical (unpaired) electrons. The van der Waals surface area contributed by atoms with Crippen molar-refractivity contribution >= 4 is 17.8 Å². The van der Waals surface area contributed by atoms with E-state index in [1.807, 2.05) is 6.92 Å². The number of carbonyl (C=O) groups is 3. The third-order valence-electron chi connectivity index (χ3n) is 14.3. The highest BCUT2D eigenvalue weighted by Crippen LogP contribution is 2.75. The second-order valence-electron chi connectivity index (χ2n) is 16.3. The molecular formula is C35H57NO5. The molecule has 5 saturated carbocycles. The zero-order valence-corrected chi connectivity index (χ0v) is 26.9. The van der Waals surface area contributed by atoms with Gasteiger partial charge >= 0.3 is 11.9 Å². The molecule has 0 aromatic heterocycles. The fourth-order valence-electron chi connectivity index (χ4n) is 12.0. The second kappa shape index (κ2) is 10.8. The molecule has 6 heteroatoms. The predicted molar refractivity (Wildman–Crippen MR) is 160 cm³/mol. The number of rotatable bonds is 7. The van der Waals surface area contributed by atoms with Gasteiger partial charge in [-0.15, -0.1) is 0 Å². The van der Waals surface area contributed by atoms with Gasteiger partial charge < -0.3 is 15.2 Å². The van der Waals surface area contributed by atoms with E-state index in [-0.39, 0.29) is 40.8 Å². The Bertz CT molecular complexity index is 1040.